The summed E-state index contributed by atoms with van der Waals surface area (Å²) in [4.78, 5) is 0. The molecule has 1 rings (SSSR count). The van der Waals surface area contributed by atoms with Crippen molar-refractivity contribution in [2.45, 2.75) is 26.8 Å². The van der Waals surface area contributed by atoms with Gasteiger partial charge < -0.3 is 14.8 Å². The van der Waals surface area contributed by atoms with Crippen molar-refractivity contribution in [3.8, 4) is 5.75 Å². The van der Waals surface area contributed by atoms with E-state index < -0.39 is 0 Å². The van der Waals surface area contributed by atoms with E-state index in [1.165, 1.54) is 0 Å². The highest BCUT2D eigenvalue weighted by Crippen LogP contribution is 2.34. The summed E-state index contributed by atoms with van der Waals surface area (Å²) in [6.07, 6.45) is 0.992. The molecule has 0 radical (unpaired) electrons. The van der Waals surface area contributed by atoms with Gasteiger partial charge in [-0.15, -0.1) is 12.4 Å². The van der Waals surface area contributed by atoms with E-state index in [1.807, 2.05) is 26.0 Å². The molecule has 0 saturated heterocycles. The van der Waals surface area contributed by atoms with Gasteiger partial charge in [-0.25, -0.2) is 0 Å². The van der Waals surface area contributed by atoms with Crippen molar-refractivity contribution in [3.05, 3.63) is 27.7 Å². The fourth-order valence-electron chi connectivity index (χ4n) is 1.67. The zero-order valence-electron chi connectivity index (χ0n) is 11.9. The lowest BCUT2D eigenvalue weighted by Crippen LogP contribution is -2.16. The molecule has 0 unspecified atom stereocenters. The second-order valence-electron chi connectivity index (χ2n) is 4.05. The van der Waals surface area contributed by atoms with Gasteiger partial charge in [-0.2, -0.15) is 0 Å². The highest BCUT2D eigenvalue weighted by Gasteiger charge is 2.08. The zero-order chi connectivity index (χ0) is 14.1. The molecule has 0 atom stereocenters. The van der Waals surface area contributed by atoms with Crippen LogP contribution in [0.1, 0.15) is 25.8 Å². The first-order valence-electron chi connectivity index (χ1n) is 6.58. The van der Waals surface area contributed by atoms with Gasteiger partial charge >= 0.3 is 0 Å². The lowest BCUT2D eigenvalue weighted by atomic mass is 10.2. The summed E-state index contributed by atoms with van der Waals surface area (Å²) in [7, 11) is 0. The van der Waals surface area contributed by atoms with Crippen molar-refractivity contribution in [2.75, 3.05) is 26.4 Å². The molecule has 0 aliphatic carbocycles. The molecule has 1 aromatic rings. The third-order valence-electron chi connectivity index (χ3n) is 2.52. The van der Waals surface area contributed by atoms with Crippen LogP contribution in [0.25, 0.3) is 0 Å². The van der Waals surface area contributed by atoms with Crippen LogP contribution in [0.2, 0.25) is 10.0 Å². The average Bonchev–Trinajstić information content (AvgIpc) is 2.38. The first-order chi connectivity index (χ1) is 9.19. The van der Waals surface area contributed by atoms with Gasteiger partial charge in [0.15, 0.2) is 5.75 Å². The van der Waals surface area contributed by atoms with E-state index in [0.717, 1.165) is 38.3 Å². The molecular formula is C14H22Cl3NO2. The molecule has 1 N–H and O–H groups in total. The zero-order valence-corrected chi connectivity index (χ0v) is 14.2. The molecule has 0 heterocycles. The molecule has 0 aliphatic heterocycles. The quantitative estimate of drug-likeness (QED) is 0.678. The molecule has 1 aromatic carbocycles. The maximum Gasteiger partial charge on any atom is 0.156 e. The van der Waals surface area contributed by atoms with Crippen molar-refractivity contribution < 1.29 is 9.47 Å². The summed E-state index contributed by atoms with van der Waals surface area (Å²) in [5.74, 6) is 0.561. The second-order valence-corrected chi connectivity index (χ2v) is 4.86. The van der Waals surface area contributed by atoms with E-state index in [0.29, 0.717) is 22.4 Å². The van der Waals surface area contributed by atoms with Crippen LogP contribution in [0.3, 0.4) is 0 Å². The average molecular weight is 343 g/mol. The molecule has 0 aromatic heterocycles. The van der Waals surface area contributed by atoms with Gasteiger partial charge in [0.25, 0.3) is 0 Å². The smallest absolute Gasteiger partial charge is 0.156 e. The number of rotatable bonds is 9. The Balaban J connectivity index is 0.00000361. The third kappa shape index (κ3) is 7.00. The minimum absolute atomic E-state index is 0. The Morgan fingerprint density at radius 1 is 1.10 bits per heavy atom. The van der Waals surface area contributed by atoms with E-state index in [-0.39, 0.29) is 12.4 Å². The first-order valence-corrected chi connectivity index (χ1v) is 7.33. The minimum Gasteiger partial charge on any atom is -0.491 e. The van der Waals surface area contributed by atoms with Crippen LogP contribution in [-0.2, 0) is 11.3 Å². The Morgan fingerprint density at radius 2 is 1.75 bits per heavy atom. The summed E-state index contributed by atoms with van der Waals surface area (Å²) in [6.45, 7) is 7.64. The van der Waals surface area contributed by atoms with E-state index in [1.54, 1.807) is 0 Å². The monoisotopic (exact) mass is 341 g/mol. The van der Waals surface area contributed by atoms with Gasteiger partial charge in [0.05, 0.1) is 16.7 Å². The summed E-state index contributed by atoms with van der Waals surface area (Å²) >= 11 is 12.3. The molecule has 0 saturated carbocycles. The molecule has 0 fully saturated rings. The summed E-state index contributed by atoms with van der Waals surface area (Å²) in [5, 5.41) is 4.44. The van der Waals surface area contributed by atoms with Crippen LogP contribution in [-0.4, -0.2) is 26.4 Å². The normalized spacial score (nSPS) is 10.2. The summed E-state index contributed by atoms with van der Waals surface area (Å²) in [6, 6.07) is 3.77. The van der Waals surface area contributed by atoms with Gasteiger partial charge in [-0.3, -0.25) is 0 Å². The van der Waals surface area contributed by atoms with Gasteiger partial charge in [0.1, 0.15) is 0 Å². The molecule has 0 aliphatic rings. The fraction of sp³-hybridized carbons (Fsp3) is 0.571. The highest BCUT2D eigenvalue weighted by atomic mass is 35.5. The first kappa shape index (κ1) is 19.8. The van der Waals surface area contributed by atoms with Gasteiger partial charge in [-0.05, 0) is 44.5 Å². The molecule has 0 spiro atoms. The van der Waals surface area contributed by atoms with Crippen molar-refractivity contribution in [1.82, 2.24) is 5.32 Å². The maximum absolute atomic E-state index is 6.14. The summed E-state index contributed by atoms with van der Waals surface area (Å²) < 4.78 is 10.7. The lowest BCUT2D eigenvalue weighted by Gasteiger charge is -2.11. The van der Waals surface area contributed by atoms with Crippen molar-refractivity contribution in [2.24, 2.45) is 0 Å². The largest absolute Gasteiger partial charge is 0.491 e. The van der Waals surface area contributed by atoms with E-state index in [4.69, 9.17) is 32.7 Å². The topological polar surface area (TPSA) is 30.5 Å². The Labute approximate surface area is 137 Å². The van der Waals surface area contributed by atoms with Crippen LogP contribution in [0.5, 0.6) is 5.75 Å². The molecule has 0 bridgehead atoms. The minimum atomic E-state index is 0. The fourth-order valence-corrected chi connectivity index (χ4v) is 2.31. The van der Waals surface area contributed by atoms with Crippen molar-refractivity contribution >= 4 is 35.6 Å². The lowest BCUT2D eigenvalue weighted by molar-refractivity contribution is 0.144. The van der Waals surface area contributed by atoms with Crippen molar-refractivity contribution in [3.63, 3.8) is 0 Å². The highest BCUT2D eigenvalue weighted by molar-refractivity contribution is 6.37. The Hall–Kier alpha value is -0.190. The van der Waals surface area contributed by atoms with Crippen LogP contribution < -0.4 is 10.1 Å². The maximum atomic E-state index is 6.14. The molecule has 3 nitrogen and oxygen atoms in total. The number of nitrogens with one attached hydrogen (secondary N) is 1. The van der Waals surface area contributed by atoms with Gasteiger partial charge in [0, 0.05) is 19.8 Å². The molecule has 20 heavy (non-hydrogen) atoms. The van der Waals surface area contributed by atoms with Crippen LogP contribution in [0.4, 0.5) is 0 Å². The summed E-state index contributed by atoms with van der Waals surface area (Å²) in [5.41, 5.74) is 1.05. The SMILES string of the molecule is CCOCCCNCc1cc(Cl)c(OCC)c(Cl)c1.Cl. The number of hydrogen-bond acceptors (Lipinski definition) is 3. The van der Waals surface area contributed by atoms with E-state index in [9.17, 15) is 0 Å². The number of hydrogen-bond donors (Lipinski definition) is 1. The van der Waals surface area contributed by atoms with Crippen molar-refractivity contribution in [1.29, 1.82) is 0 Å². The Bertz CT molecular complexity index is 366. The molecule has 0 amide bonds. The van der Waals surface area contributed by atoms with Crippen LogP contribution in [0, 0.1) is 0 Å². The van der Waals surface area contributed by atoms with Crippen LogP contribution >= 0.6 is 35.6 Å². The molecular weight excluding hydrogens is 321 g/mol. The van der Waals surface area contributed by atoms with Gasteiger partial charge in [-0.1, -0.05) is 23.2 Å². The second kappa shape index (κ2) is 11.5. The standard InChI is InChI=1S/C14H21Cl2NO2.ClH/c1-3-18-7-5-6-17-10-11-8-12(15)14(19-4-2)13(16)9-11;/h8-9,17H,3-7,10H2,1-2H3;1H. The van der Waals surface area contributed by atoms with Gasteiger partial charge in [0.2, 0.25) is 0 Å². The number of ether oxygens (including phenoxy) is 2. The predicted molar refractivity (Wildman–Crippen MR) is 87.7 cm³/mol. The molecule has 6 heteroatoms. The van der Waals surface area contributed by atoms with E-state index >= 15 is 0 Å². The number of benzene rings is 1. The van der Waals surface area contributed by atoms with E-state index in [2.05, 4.69) is 5.32 Å². The Kier molecular flexibility index (Phi) is 11.4. The van der Waals surface area contributed by atoms with Crippen LogP contribution in [0.15, 0.2) is 12.1 Å². The third-order valence-corrected chi connectivity index (χ3v) is 3.08. The predicted octanol–water partition coefficient (Wildman–Crippen LogP) is 4.33. The molecule has 116 valence electrons. The number of halogens is 3. The Morgan fingerprint density at radius 3 is 2.30 bits per heavy atom.